The SMILES string of the molecule is CSc1cc(Cc2cccs2)no1. The highest BCUT2D eigenvalue weighted by Crippen LogP contribution is 2.19. The molecule has 2 aromatic heterocycles. The molecule has 0 bridgehead atoms. The van der Waals surface area contributed by atoms with E-state index < -0.39 is 0 Å². The lowest BCUT2D eigenvalue weighted by Gasteiger charge is -1.87. The van der Waals surface area contributed by atoms with Gasteiger partial charge in [-0.1, -0.05) is 23.0 Å². The molecule has 0 aliphatic rings. The normalized spacial score (nSPS) is 10.5. The Balaban J connectivity index is 2.10. The van der Waals surface area contributed by atoms with Crippen LogP contribution in [0, 0.1) is 0 Å². The molecule has 0 saturated carbocycles. The number of hydrogen-bond acceptors (Lipinski definition) is 4. The predicted molar refractivity (Wildman–Crippen MR) is 55.4 cm³/mol. The van der Waals surface area contributed by atoms with Crippen molar-refractivity contribution in [3.05, 3.63) is 34.2 Å². The summed E-state index contributed by atoms with van der Waals surface area (Å²) < 4.78 is 5.08. The first-order valence-corrected chi connectivity index (χ1v) is 6.01. The van der Waals surface area contributed by atoms with Gasteiger partial charge in [-0.2, -0.15) is 0 Å². The summed E-state index contributed by atoms with van der Waals surface area (Å²) in [6.07, 6.45) is 2.86. The topological polar surface area (TPSA) is 26.0 Å². The lowest BCUT2D eigenvalue weighted by molar-refractivity contribution is 0.346. The molecular weight excluding hydrogens is 202 g/mol. The molecule has 0 unspecified atom stereocenters. The molecule has 0 aliphatic heterocycles. The van der Waals surface area contributed by atoms with Crippen LogP contribution < -0.4 is 0 Å². The van der Waals surface area contributed by atoms with Gasteiger partial charge in [-0.3, -0.25) is 0 Å². The summed E-state index contributed by atoms with van der Waals surface area (Å²) in [4.78, 5) is 1.32. The van der Waals surface area contributed by atoms with Crippen molar-refractivity contribution < 1.29 is 4.52 Å². The van der Waals surface area contributed by atoms with Gasteiger partial charge in [0.2, 0.25) is 0 Å². The minimum Gasteiger partial charge on any atom is -0.350 e. The van der Waals surface area contributed by atoms with Gasteiger partial charge in [-0.15, -0.1) is 11.3 Å². The molecule has 0 N–H and O–H groups in total. The summed E-state index contributed by atoms with van der Waals surface area (Å²) in [7, 11) is 0. The van der Waals surface area contributed by atoms with Crippen molar-refractivity contribution in [1.29, 1.82) is 0 Å². The van der Waals surface area contributed by atoms with Crippen molar-refractivity contribution in [2.75, 3.05) is 6.26 Å². The highest BCUT2D eigenvalue weighted by molar-refractivity contribution is 7.98. The van der Waals surface area contributed by atoms with E-state index in [-0.39, 0.29) is 0 Å². The van der Waals surface area contributed by atoms with Crippen LogP contribution in [0.25, 0.3) is 0 Å². The maximum atomic E-state index is 5.08. The summed E-state index contributed by atoms with van der Waals surface area (Å²) in [6.45, 7) is 0. The average Bonchev–Trinajstić information content (AvgIpc) is 2.76. The number of thioether (sulfide) groups is 1. The zero-order chi connectivity index (χ0) is 9.10. The monoisotopic (exact) mass is 211 g/mol. The van der Waals surface area contributed by atoms with Gasteiger partial charge in [0, 0.05) is 17.4 Å². The molecule has 0 aliphatic carbocycles. The Hall–Kier alpha value is -0.740. The van der Waals surface area contributed by atoms with E-state index in [0.717, 1.165) is 17.2 Å². The third-order valence-corrected chi connectivity index (χ3v) is 3.15. The molecular formula is C9H9NOS2. The van der Waals surface area contributed by atoms with Gasteiger partial charge in [0.25, 0.3) is 0 Å². The minimum atomic E-state index is 0.877. The molecule has 0 saturated heterocycles. The van der Waals surface area contributed by atoms with Crippen molar-refractivity contribution in [3.63, 3.8) is 0 Å². The van der Waals surface area contributed by atoms with E-state index in [4.69, 9.17) is 4.52 Å². The van der Waals surface area contributed by atoms with E-state index in [9.17, 15) is 0 Å². The van der Waals surface area contributed by atoms with Crippen molar-refractivity contribution in [2.45, 2.75) is 11.5 Å². The Kier molecular flexibility index (Phi) is 2.71. The van der Waals surface area contributed by atoms with Crippen LogP contribution in [-0.4, -0.2) is 11.4 Å². The second kappa shape index (κ2) is 3.98. The molecule has 2 aromatic rings. The summed E-state index contributed by atoms with van der Waals surface area (Å²) in [5, 5.41) is 6.93. The second-order valence-corrected chi connectivity index (χ2v) is 4.44. The molecule has 0 spiro atoms. The van der Waals surface area contributed by atoms with Crippen LogP contribution in [0.1, 0.15) is 10.6 Å². The van der Waals surface area contributed by atoms with Crippen LogP contribution in [0.4, 0.5) is 0 Å². The van der Waals surface area contributed by atoms with E-state index in [2.05, 4.69) is 22.7 Å². The summed E-state index contributed by atoms with van der Waals surface area (Å²) in [5.74, 6) is 0. The van der Waals surface area contributed by atoms with E-state index >= 15 is 0 Å². The molecule has 68 valence electrons. The summed E-state index contributed by atoms with van der Waals surface area (Å²) in [6, 6.07) is 6.15. The van der Waals surface area contributed by atoms with Gasteiger partial charge in [0.05, 0.1) is 5.69 Å². The fourth-order valence-electron chi connectivity index (χ4n) is 1.06. The van der Waals surface area contributed by atoms with Gasteiger partial charge in [0.1, 0.15) is 0 Å². The molecule has 0 fully saturated rings. The maximum absolute atomic E-state index is 5.08. The third kappa shape index (κ3) is 2.14. The zero-order valence-corrected chi connectivity index (χ0v) is 8.82. The zero-order valence-electron chi connectivity index (χ0n) is 7.19. The van der Waals surface area contributed by atoms with Crippen molar-refractivity contribution in [3.8, 4) is 0 Å². The van der Waals surface area contributed by atoms with Gasteiger partial charge < -0.3 is 4.52 Å². The van der Waals surface area contributed by atoms with Crippen LogP contribution in [0.2, 0.25) is 0 Å². The highest BCUT2D eigenvalue weighted by Gasteiger charge is 2.03. The van der Waals surface area contributed by atoms with Crippen molar-refractivity contribution in [1.82, 2.24) is 5.16 Å². The van der Waals surface area contributed by atoms with Crippen LogP contribution in [0.5, 0.6) is 0 Å². The standard InChI is InChI=1S/C9H9NOS2/c1-12-9-6-7(10-11-9)5-8-3-2-4-13-8/h2-4,6H,5H2,1H3. The van der Waals surface area contributed by atoms with Gasteiger partial charge in [0.15, 0.2) is 5.09 Å². The maximum Gasteiger partial charge on any atom is 0.193 e. The van der Waals surface area contributed by atoms with Gasteiger partial charge in [-0.05, 0) is 17.7 Å². The molecule has 4 heteroatoms. The molecule has 2 rings (SSSR count). The minimum absolute atomic E-state index is 0.877. The Morgan fingerprint density at radius 3 is 3.15 bits per heavy atom. The Morgan fingerprint density at radius 1 is 1.62 bits per heavy atom. The first-order chi connectivity index (χ1) is 6.38. The fraction of sp³-hybridized carbons (Fsp3) is 0.222. The Morgan fingerprint density at radius 2 is 2.54 bits per heavy atom. The molecule has 13 heavy (non-hydrogen) atoms. The lowest BCUT2D eigenvalue weighted by atomic mass is 10.3. The van der Waals surface area contributed by atoms with E-state index in [1.54, 1.807) is 23.1 Å². The summed E-state index contributed by atoms with van der Waals surface area (Å²) >= 11 is 3.32. The molecule has 0 amide bonds. The first kappa shape index (κ1) is 8.84. The van der Waals surface area contributed by atoms with E-state index in [1.165, 1.54) is 4.88 Å². The Bertz CT molecular complexity index is 367. The highest BCUT2D eigenvalue weighted by atomic mass is 32.2. The lowest BCUT2D eigenvalue weighted by Crippen LogP contribution is -1.82. The van der Waals surface area contributed by atoms with Crippen LogP contribution >= 0.6 is 23.1 Å². The molecule has 2 heterocycles. The largest absolute Gasteiger partial charge is 0.350 e. The number of thiophene rings is 1. The number of rotatable bonds is 3. The quantitative estimate of drug-likeness (QED) is 0.730. The average molecular weight is 211 g/mol. The fourth-order valence-corrected chi connectivity index (χ4v) is 2.15. The van der Waals surface area contributed by atoms with E-state index in [0.29, 0.717) is 0 Å². The number of nitrogens with zero attached hydrogens (tertiary/aromatic N) is 1. The van der Waals surface area contributed by atoms with Crippen molar-refractivity contribution in [2.24, 2.45) is 0 Å². The smallest absolute Gasteiger partial charge is 0.193 e. The van der Waals surface area contributed by atoms with Gasteiger partial charge in [-0.25, -0.2) is 0 Å². The van der Waals surface area contributed by atoms with Crippen LogP contribution in [0.3, 0.4) is 0 Å². The Labute approximate surface area is 84.9 Å². The van der Waals surface area contributed by atoms with Crippen molar-refractivity contribution >= 4 is 23.1 Å². The molecule has 0 radical (unpaired) electrons. The summed E-state index contributed by atoms with van der Waals surface area (Å²) in [5.41, 5.74) is 1.01. The van der Waals surface area contributed by atoms with Gasteiger partial charge >= 0.3 is 0 Å². The molecule has 2 nitrogen and oxygen atoms in total. The second-order valence-electron chi connectivity index (χ2n) is 2.60. The van der Waals surface area contributed by atoms with E-state index in [1.807, 2.05) is 12.3 Å². The number of aromatic nitrogens is 1. The van der Waals surface area contributed by atoms with Crippen LogP contribution in [-0.2, 0) is 6.42 Å². The third-order valence-electron chi connectivity index (χ3n) is 1.67. The molecule has 0 atom stereocenters. The number of hydrogen-bond donors (Lipinski definition) is 0. The first-order valence-electron chi connectivity index (χ1n) is 3.90. The predicted octanol–water partition coefficient (Wildman–Crippen LogP) is 3.05. The van der Waals surface area contributed by atoms with Crippen LogP contribution in [0.15, 0.2) is 33.2 Å². The molecule has 0 aromatic carbocycles.